The Hall–Kier alpha value is -1.01. The summed E-state index contributed by atoms with van der Waals surface area (Å²) in [4.78, 5) is 1.50. The van der Waals surface area contributed by atoms with Crippen molar-refractivity contribution in [3.05, 3.63) is 5.82 Å². The third-order valence-corrected chi connectivity index (χ3v) is 2.62. The molecule has 1 aromatic rings. The summed E-state index contributed by atoms with van der Waals surface area (Å²) in [5.74, 6) is 0.793. The summed E-state index contributed by atoms with van der Waals surface area (Å²) >= 11 is 0. The standard InChI is InChI=1S/C12H25N5O/c1-4-7-13-11(6-9-18-8-5-2)10-12-14-16-17(3)15-12/h11,13H,4-10H2,1-3H3. The maximum absolute atomic E-state index is 5.53. The Balaban J connectivity index is 2.34. The Morgan fingerprint density at radius 3 is 2.72 bits per heavy atom. The van der Waals surface area contributed by atoms with Crippen LogP contribution in [0, 0.1) is 0 Å². The molecule has 0 amide bonds. The van der Waals surface area contributed by atoms with Crippen molar-refractivity contribution >= 4 is 0 Å². The second kappa shape index (κ2) is 8.99. The first kappa shape index (κ1) is 15.0. The minimum atomic E-state index is 0.367. The van der Waals surface area contributed by atoms with Crippen LogP contribution in [0.1, 0.15) is 38.9 Å². The molecule has 0 radical (unpaired) electrons. The molecular formula is C12H25N5O. The highest BCUT2D eigenvalue weighted by molar-refractivity contribution is 4.84. The van der Waals surface area contributed by atoms with Crippen LogP contribution >= 0.6 is 0 Å². The van der Waals surface area contributed by atoms with Crippen LogP contribution in [0.2, 0.25) is 0 Å². The number of ether oxygens (including phenoxy) is 1. The SMILES string of the molecule is CCCNC(CCOCCC)Cc1nnn(C)n1. The second-order valence-corrected chi connectivity index (χ2v) is 4.45. The highest BCUT2D eigenvalue weighted by Crippen LogP contribution is 2.01. The molecule has 0 bridgehead atoms. The maximum atomic E-state index is 5.53. The molecule has 1 unspecified atom stereocenters. The number of aryl methyl sites for hydroxylation is 1. The molecule has 6 heteroatoms. The lowest BCUT2D eigenvalue weighted by Crippen LogP contribution is -2.33. The number of hydrogen-bond acceptors (Lipinski definition) is 5. The molecule has 1 aromatic heterocycles. The van der Waals surface area contributed by atoms with Crippen molar-refractivity contribution in [2.45, 2.75) is 45.6 Å². The van der Waals surface area contributed by atoms with Crippen LogP contribution < -0.4 is 5.32 Å². The molecule has 1 rings (SSSR count). The molecule has 0 saturated carbocycles. The molecular weight excluding hydrogens is 230 g/mol. The van der Waals surface area contributed by atoms with Crippen molar-refractivity contribution in [3.8, 4) is 0 Å². The van der Waals surface area contributed by atoms with E-state index >= 15 is 0 Å². The summed E-state index contributed by atoms with van der Waals surface area (Å²) in [6.07, 6.45) is 3.99. The second-order valence-electron chi connectivity index (χ2n) is 4.45. The molecule has 6 nitrogen and oxygen atoms in total. The summed E-state index contributed by atoms with van der Waals surface area (Å²) in [6.45, 7) is 6.92. The van der Waals surface area contributed by atoms with Crippen molar-refractivity contribution in [2.24, 2.45) is 7.05 Å². The van der Waals surface area contributed by atoms with Gasteiger partial charge in [-0.25, -0.2) is 0 Å². The fourth-order valence-corrected chi connectivity index (χ4v) is 1.72. The minimum absolute atomic E-state index is 0.367. The van der Waals surface area contributed by atoms with Crippen LogP contribution in [0.3, 0.4) is 0 Å². The van der Waals surface area contributed by atoms with Gasteiger partial charge in [0.15, 0.2) is 5.82 Å². The van der Waals surface area contributed by atoms with Gasteiger partial charge >= 0.3 is 0 Å². The lowest BCUT2D eigenvalue weighted by atomic mass is 10.1. The van der Waals surface area contributed by atoms with Gasteiger partial charge in [-0.1, -0.05) is 13.8 Å². The number of tetrazole rings is 1. The van der Waals surface area contributed by atoms with Crippen LogP contribution in [0.25, 0.3) is 0 Å². The van der Waals surface area contributed by atoms with E-state index < -0.39 is 0 Å². The van der Waals surface area contributed by atoms with Gasteiger partial charge in [0, 0.05) is 25.7 Å². The Kier molecular flexibility index (Phi) is 7.52. The van der Waals surface area contributed by atoms with Crippen molar-refractivity contribution < 1.29 is 4.74 Å². The predicted molar refractivity (Wildman–Crippen MR) is 70.3 cm³/mol. The zero-order valence-electron chi connectivity index (χ0n) is 11.7. The molecule has 1 N–H and O–H groups in total. The Bertz CT molecular complexity index is 315. The lowest BCUT2D eigenvalue weighted by molar-refractivity contribution is 0.124. The fourth-order valence-electron chi connectivity index (χ4n) is 1.72. The average molecular weight is 255 g/mol. The van der Waals surface area contributed by atoms with Gasteiger partial charge < -0.3 is 10.1 Å². The molecule has 1 atom stereocenters. The van der Waals surface area contributed by atoms with Crippen molar-refractivity contribution in [2.75, 3.05) is 19.8 Å². The van der Waals surface area contributed by atoms with E-state index in [4.69, 9.17) is 4.74 Å². The van der Waals surface area contributed by atoms with Gasteiger partial charge in [0.2, 0.25) is 0 Å². The zero-order valence-corrected chi connectivity index (χ0v) is 11.7. The zero-order chi connectivity index (χ0) is 13.2. The number of nitrogens with one attached hydrogen (secondary N) is 1. The predicted octanol–water partition coefficient (Wildman–Crippen LogP) is 0.938. The van der Waals surface area contributed by atoms with Gasteiger partial charge in [-0.3, -0.25) is 0 Å². The van der Waals surface area contributed by atoms with E-state index in [0.717, 1.165) is 51.3 Å². The molecule has 0 aromatic carbocycles. The van der Waals surface area contributed by atoms with Crippen molar-refractivity contribution in [1.82, 2.24) is 25.5 Å². The van der Waals surface area contributed by atoms with Crippen molar-refractivity contribution in [1.29, 1.82) is 0 Å². The summed E-state index contributed by atoms with van der Waals surface area (Å²) in [5.41, 5.74) is 0. The fraction of sp³-hybridized carbons (Fsp3) is 0.917. The number of rotatable bonds is 10. The molecule has 18 heavy (non-hydrogen) atoms. The molecule has 0 aliphatic carbocycles. The summed E-state index contributed by atoms with van der Waals surface area (Å²) < 4.78 is 5.53. The quantitative estimate of drug-likeness (QED) is 0.630. The Labute approximate surface area is 109 Å². The Morgan fingerprint density at radius 2 is 2.11 bits per heavy atom. The van der Waals surface area contributed by atoms with Crippen LogP contribution in [-0.2, 0) is 18.2 Å². The molecule has 104 valence electrons. The van der Waals surface area contributed by atoms with E-state index in [1.807, 2.05) is 0 Å². The van der Waals surface area contributed by atoms with Gasteiger partial charge in [-0.15, -0.1) is 10.2 Å². The first-order chi connectivity index (χ1) is 8.76. The third-order valence-electron chi connectivity index (χ3n) is 2.62. The van der Waals surface area contributed by atoms with E-state index in [2.05, 4.69) is 34.6 Å². The van der Waals surface area contributed by atoms with Crippen molar-refractivity contribution in [3.63, 3.8) is 0 Å². The van der Waals surface area contributed by atoms with Gasteiger partial charge in [-0.05, 0) is 31.0 Å². The highest BCUT2D eigenvalue weighted by atomic mass is 16.5. The van der Waals surface area contributed by atoms with Crippen LogP contribution in [0.5, 0.6) is 0 Å². The smallest absolute Gasteiger partial charge is 0.176 e. The van der Waals surface area contributed by atoms with E-state index in [0.29, 0.717) is 6.04 Å². The largest absolute Gasteiger partial charge is 0.381 e. The summed E-state index contributed by atoms with van der Waals surface area (Å²) in [7, 11) is 1.79. The van der Waals surface area contributed by atoms with E-state index in [-0.39, 0.29) is 0 Å². The molecule has 0 aliphatic rings. The lowest BCUT2D eigenvalue weighted by Gasteiger charge is -2.16. The average Bonchev–Trinajstić information content (AvgIpc) is 2.77. The first-order valence-corrected chi connectivity index (χ1v) is 6.80. The van der Waals surface area contributed by atoms with Gasteiger partial charge in [0.1, 0.15) is 0 Å². The van der Waals surface area contributed by atoms with Crippen LogP contribution in [0.4, 0.5) is 0 Å². The highest BCUT2D eigenvalue weighted by Gasteiger charge is 2.12. The number of nitrogens with zero attached hydrogens (tertiary/aromatic N) is 4. The van der Waals surface area contributed by atoms with E-state index in [9.17, 15) is 0 Å². The monoisotopic (exact) mass is 255 g/mol. The van der Waals surface area contributed by atoms with Gasteiger partial charge in [0.05, 0.1) is 7.05 Å². The minimum Gasteiger partial charge on any atom is -0.381 e. The first-order valence-electron chi connectivity index (χ1n) is 6.80. The van der Waals surface area contributed by atoms with Gasteiger partial charge in [-0.2, -0.15) is 4.80 Å². The molecule has 0 aliphatic heterocycles. The normalized spacial score (nSPS) is 12.8. The topological polar surface area (TPSA) is 64.9 Å². The third kappa shape index (κ3) is 6.07. The van der Waals surface area contributed by atoms with Crippen LogP contribution in [-0.4, -0.2) is 46.0 Å². The molecule has 0 spiro atoms. The number of hydrogen-bond donors (Lipinski definition) is 1. The van der Waals surface area contributed by atoms with Crippen LogP contribution in [0.15, 0.2) is 0 Å². The van der Waals surface area contributed by atoms with E-state index in [1.165, 1.54) is 4.80 Å². The molecule has 0 fully saturated rings. The summed E-state index contributed by atoms with van der Waals surface area (Å²) in [6, 6.07) is 0.367. The molecule has 0 saturated heterocycles. The van der Waals surface area contributed by atoms with Gasteiger partial charge in [0.25, 0.3) is 0 Å². The maximum Gasteiger partial charge on any atom is 0.176 e. The Morgan fingerprint density at radius 1 is 1.28 bits per heavy atom. The number of aromatic nitrogens is 4. The van der Waals surface area contributed by atoms with E-state index in [1.54, 1.807) is 7.05 Å². The molecule has 1 heterocycles. The summed E-state index contributed by atoms with van der Waals surface area (Å²) in [5, 5.41) is 15.6.